The van der Waals surface area contributed by atoms with Gasteiger partial charge in [-0.3, -0.25) is 0 Å². The summed E-state index contributed by atoms with van der Waals surface area (Å²) in [6.07, 6.45) is 0. The number of carbonyl (C=O) groups excluding carboxylic acids is 1. The lowest BCUT2D eigenvalue weighted by Crippen LogP contribution is -2.04. The Labute approximate surface area is 167 Å². The van der Waals surface area contributed by atoms with Gasteiger partial charge in [-0.25, -0.2) is 4.79 Å². The van der Waals surface area contributed by atoms with Gasteiger partial charge in [0.1, 0.15) is 0 Å². The SMILES string of the molecule is COC(=O)c1ccc2c(c1)-n1c3ccccc3c3cccc(c31)-c1ccccc1-2. The Hall–Kier alpha value is -3.85. The highest BCUT2D eigenvalue weighted by Crippen LogP contribution is 2.46. The zero-order valence-electron chi connectivity index (χ0n) is 15.8. The third kappa shape index (κ3) is 2.10. The predicted octanol–water partition coefficient (Wildman–Crippen LogP) is 6.22. The highest BCUT2D eigenvalue weighted by molar-refractivity contribution is 6.16. The first-order chi connectivity index (χ1) is 14.3. The van der Waals surface area contributed by atoms with Crippen LogP contribution in [-0.4, -0.2) is 17.6 Å². The van der Waals surface area contributed by atoms with E-state index in [1.165, 1.54) is 40.1 Å². The molecule has 1 aliphatic heterocycles. The highest BCUT2D eigenvalue weighted by Gasteiger charge is 2.24. The van der Waals surface area contributed by atoms with Gasteiger partial charge in [0.25, 0.3) is 0 Å². The monoisotopic (exact) mass is 375 g/mol. The molecule has 1 aromatic heterocycles. The first-order valence-corrected chi connectivity index (χ1v) is 9.62. The number of benzene rings is 4. The maximum Gasteiger partial charge on any atom is 0.337 e. The quantitative estimate of drug-likeness (QED) is 0.320. The largest absolute Gasteiger partial charge is 0.465 e. The van der Waals surface area contributed by atoms with Crippen LogP contribution in [-0.2, 0) is 4.74 Å². The van der Waals surface area contributed by atoms with Crippen molar-refractivity contribution < 1.29 is 9.53 Å². The summed E-state index contributed by atoms with van der Waals surface area (Å²) in [6.45, 7) is 0. The number of ether oxygens (including phenoxy) is 1. The lowest BCUT2D eigenvalue weighted by Gasteiger charge is -2.13. The summed E-state index contributed by atoms with van der Waals surface area (Å²) in [6, 6.07) is 29.2. The zero-order chi connectivity index (χ0) is 19.5. The van der Waals surface area contributed by atoms with Gasteiger partial charge in [-0.05, 0) is 29.3 Å². The Kier molecular flexibility index (Phi) is 3.24. The third-order valence-electron chi connectivity index (χ3n) is 5.86. The second-order valence-corrected chi connectivity index (χ2v) is 7.32. The fourth-order valence-corrected chi connectivity index (χ4v) is 4.63. The maximum absolute atomic E-state index is 12.3. The first kappa shape index (κ1) is 16.1. The van der Waals surface area contributed by atoms with Gasteiger partial charge in [0.15, 0.2) is 0 Å². The molecule has 0 amide bonds. The number of hydrogen-bond donors (Lipinski definition) is 0. The van der Waals surface area contributed by atoms with Gasteiger partial charge in [-0.15, -0.1) is 0 Å². The number of para-hydroxylation sites is 2. The fraction of sp³-hybridized carbons (Fsp3) is 0.0385. The molecule has 0 atom stereocenters. The minimum Gasteiger partial charge on any atom is -0.465 e. The molecule has 0 bridgehead atoms. The Morgan fingerprint density at radius 3 is 2.24 bits per heavy atom. The Balaban J connectivity index is 1.88. The fourth-order valence-electron chi connectivity index (χ4n) is 4.63. The van der Waals surface area contributed by atoms with Crippen molar-refractivity contribution in [2.24, 2.45) is 0 Å². The van der Waals surface area contributed by atoms with Crippen molar-refractivity contribution in [3.05, 3.63) is 90.5 Å². The smallest absolute Gasteiger partial charge is 0.337 e. The van der Waals surface area contributed by atoms with Gasteiger partial charge >= 0.3 is 5.97 Å². The number of methoxy groups -OCH3 is 1. The summed E-state index contributed by atoms with van der Waals surface area (Å²) < 4.78 is 7.28. The Morgan fingerprint density at radius 2 is 1.41 bits per heavy atom. The summed E-state index contributed by atoms with van der Waals surface area (Å²) in [5.74, 6) is -0.327. The average molecular weight is 375 g/mol. The molecule has 138 valence electrons. The van der Waals surface area contributed by atoms with Gasteiger partial charge < -0.3 is 9.30 Å². The predicted molar refractivity (Wildman–Crippen MR) is 117 cm³/mol. The highest BCUT2D eigenvalue weighted by atomic mass is 16.5. The molecule has 0 radical (unpaired) electrons. The summed E-state index contributed by atoms with van der Waals surface area (Å²) in [5, 5.41) is 2.42. The molecule has 4 aromatic carbocycles. The summed E-state index contributed by atoms with van der Waals surface area (Å²) in [7, 11) is 1.42. The second kappa shape index (κ2) is 5.82. The van der Waals surface area contributed by atoms with Crippen LogP contribution in [0.5, 0.6) is 0 Å². The lowest BCUT2D eigenvalue weighted by atomic mass is 9.93. The van der Waals surface area contributed by atoms with E-state index in [4.69, 9.17) is 4.74 Å². The van der Waals surface area contributed by atoms with Crippen LogP contribution in [0.3, 0.4) is 0 Å². The van der Waals surface area contributed by atoms with Gasteiger partial charge in [0, 0.05) is 21.9 Å². The molecule has 3 nitrogen and oxygen atoms in total. The van der Waals surface area contributed by atoms with Gasteiger partial charge in [-0.2, -0.15) is 0 Å². The molecule has 0 spiro atoms. The number of carbonyl (C=O) groups is 1. The number of esters is 1. The number of rotatable bonds is 1. The van der Waals surface area contributed by atoms with E-state index < -0.39 is 0 Å². The minimum absolute atomic E-state index is 0.327. The van der Waals surface area contributed by atoms with Crippen LogP contribution >= 0.6 is 0 Å². The average Bonchev–Trinajstić information content (AvgIpc) is 3.06. The molecule has 29 heavy (non-hydrogen) atoms. The molecule has 5 aromatic rings. The van der Waals surface area contributed by atoms with Crippen molar-refractivity contribution in [1.29, 1.82) is 0 Å². The molecule has 0 saturated heterocycles. The first-order valence-electron chi connectivity index (χ1n) is 9.62. The van der Waals surface area contributed by atoms with Crippen LogP contribution in [0.25, 0.3) is 49.7 Å². The van der Waals surface area contributed by atoms with E-state index in [1.807, 2.05) is 18.2 Å². The normalized spacial score (nSPS) is 11.8. The van der Waals surface area contributed by atoms with E-state index in [0.717, 1.165) is 16.8 Å². The summed E-state index contributed by atoms with van der Waals surface area (Å²) >= 11 is 0. The molecular formula is C26H17NO2. The number of hydrogen-bond acceptors (Lipinski definition) is 2. The molecule has 0 saturated carbocycles. The van der Waals surface area contributed by atoms with Gasteiger partial charge in [0.2, 0.25) is 0 Å². The Morgan fingerprint density at radius 1 is 0.724 bits per heavy atom. The van der Waals surface area contributed by atoms with Crippen LogP contribution in [0.15, 0.2) is 84.9 Å². The van der Waals surface area contributed by atoms with E-state index in [9.17, 15) is 4.79 Å². The van der Waals surface area contributed by atoms with Gasteiger partial charge in [-0.1, -0.05) is 66.7 Å². The number of aromatic nitrogens is 1. The summed E-state index contributed by atoms with van der Waals surface area (Å²) in [4.78, 5) is 12.3. The molecule has 0 unspecified atom stereocenters. The van der Waals surface area contributed by atoms with Crippen molar-refractivity contribution >= 4 is 27.8 Å². The van der Waals surface area contributed by atoms with E-state index in [2.05, 4.69) is 71.3 Å². The molecule has 1 aliphatic rings. The number of fused-ring (bicyclic) bond motifs is 8. The van der Waals surface area contributed by atoms with E-state index in [-0.39, 0.29) is 5.97 Å². The molecule has 2 heterocycles. The molecule has 6 rings (SSSR count). The van der Waals surface area contributed by atoms with Crippen LogP contribution in [0.4, 0.5) is 0 Å². The molecular weight excluding hydrogens is 358 g/mol. The van der Waals surface area contributed by atoms with E-state index in [1.54, 1.807) is 0 Å². The van der Waals surface area contributed by atoms with Crippen LogP contribution < -0.4 is 0 Å². The molecule has 0 fully saturated rings. The zero-order valence-corrected chi connectivity index (χ0v) is 15.8. The minimum atomic E-state index is -0.327. The maximum atomic E-state index is 12.3. The lowest BCUT2D eigenvalue weighted by molar-refractivity contribution is 0.0600. The van der Waals surface area contributed by atoms with E-state index in [0.29, 0.717) is 5.56 Å². The molecule has 0 N–H and O–H groups in total. The van der Waals surface area contributed by atoms with E-state index >= 15 is 0 Å². The van der Waals surface area contributed by atoms with Crippen molar-refractivity contribution in [1.82, 2.24) is 4.57 Å². The Bertz CT molecular complexity index is 1460. The summed E-state index contributed by atoms with van der Waals surface area (Å²) in [5.41, 5.74) is 8.52. The topological polar surface area (TPSA) is 31.2 Å². The third-order valence-corrected chi connectivity index (χ3v) is 5.86. The van der Waals surface area contributed by atoms with Crippen molar-refractivity contribution in [3.63, 3.8) is 0 Å². The van der Waals surface area contributed by atoms with Crippen LogP contribution in [0.1, 0.15) is 10.4 Å². The number of nitrogens with zero attached hydrogens (tertiary/aromatic N) is 1. The second-order valence-electron chi connectivity index (χ2n) is 7.32. The molecule has 0 aliphatic carbocycles. The van der Waals surface area contributed by atoms with Gasteiger partial charge in [0.05, 0.1) is 29.4 Å². The van der Waals surface area contributed by atoms with Crippen LogP contribution in [0.2, 0.25) is 0 Å². The van der Waals surface area contributed by atoms with Crippen molar-refractivity contribution in [2.45, 2.75) is 0 Å². The van der Waals surface area contributed by atoms with Crippen molar-refractivity contribution in [2.75, 3.05) is 7.11 Å². The molecule has 3 heteroatoms. The van der Waals surface area contributed by atoms with Crippen LogP contribution in [0, 0.1) is 0 Å². The standard InChI is InChI=1S/C26H17NO2/c1-29-26(28)16-13-14-20-17-7-2-3-8-18(17)21-10-6-11-22-19-9-4-5-12-23(19)27(25(21)22)24(20)15-16/h2-15H,1H3. The van der Waals surface area contributed by atoms with Crippen molar-refractivity contribution in [3.8, 4) is 27.9 Å².